The van der Waals surface area contributed by atoms with E-state index < -0.39 is 5.97 Å². The molecular formula is C24H23NO3S. The highest BCUT2D eigenvalue weighted by molar-refractivity contribution is 8.00. The number of carbonyl (C=O) groups excluding carboxylic acids is 1. The van der Waals surface area contributed by atoms with Gasteiger partial charge >= 0.3 is 5.97 Å². The van der Waals surface area contributed by atoms with Crippen LogP contribution in [0.25, 0.3) is 6.08 Å². The number of carboxylic acids is 1. The van der Waals surface area contributed by atoms with Gasteiger partial charge in [-0.25, -0.2) is 0 Å². The number of aromatic nitrogens is 1. The van der Waals surface area contributed by atoms with Gasteiger partial charge in [0.15, 0.2) is 5.78 Å². The molecule has 2 aromatic carbocycles. The van der Waals surface area contributed by atoms with Crippen molar-refractivity contribution >= 4 is 29.6 Å². The summed E-state index contributed by atoms with van der Waals surface area (Å²) in [6.07, 6.45) is 8.77. The molecule has 1 N–H and O–H groups in total. The zero-order valence-corrected chi connectivity index (χ0v) is 17.1. The molecule has 1 aromatic heterocycles. The molecule has 3 rings (SSSR count). The van der Waals surface area contributed by atoms with E-state index in [9.17, 15) is 9.59 Å². The Balaban J connectivity index is 1.53. The van der Waals surface area contributed by atoms with Gasteiger partial charge in [0.1, 0.15) is 0 Å². The number of benzene rings is 2. The van der Waals surface area contributed by atoms with Crippen molar-refractivity contribution in [3.05, 3.63) is 95.3 Å². The molecule has 3 aromatic rings. The van der Waals surface area contributed by atoms with Crippen molar-refractivity contribution in [1.82, 2.24) is 4.57 Å². The molecule has 0 saturated heterocycles. The lowest BCUT2D eigenvalue weighted by Crippen LogP contribution is -2.00. The summed E-state index contributed by atoms with van der Waals surface area (Å²) in [6, 6.07) is 17.3. The largest absolute Gasteiger partial charge is 0.481 e. The summed E-state index contributed by atoms with van der Waals surface area (Å²) in [4.78, 5) is 24.2. The molecule has 4 nitrogen and oxygen atoms in total. The maximum absolute atomic E-state index is 12.5. The number of nitrogens with zero attached hydrogens (tertiary/aromatic N) is 1. The first-order valence-corrected chi connectivity index (χ1v) is 10.4. The standard InChI is InChI=1S/C24H23NO3S/c1-18-8-10-20(11-9-18)24(28)21-12-14-25(16-21)13-3-2-5-19-6-4-7-22(15-19)29-17-23(26)27/h2,4-12,14-16H,3,13,17H2,1H3,(H,26,27)/b5-2+. The smallest absolute Gasteiger partial charge is 0.313 e. The van der Waals surface area contributed by atoms with Gasteiger partial charge in [0.2, 0.25) is 0 Å². The number of ketones is 1. The average molecular weight is 406 g/mol. The molecule has 0 saturated carbocycles. The van der Waals surface area contributed by atoms with E-state index in [1.165, 1.54) is 11.8 Å². The first-order valence-electron chi connectivity index (χ1n) is 9.39. The Morgan fingerprint density at radius 2 is 1.86 bits per heavy atom. The van der Waals surface area contributed by atoms with E-state index in [0.717, 1.165) is 29.0 Å². The van der Waals surface area contributed by atoms with Gasteiger partial charge in [-0.2, -0.15) is 0 Å². The molecule has 148 valence electrons. The highest BCUT2D eigenvalue weighted by Crippen LogP contribution is 2.20. The van der Waals surface area contributed by atoms with Crippen LogP contribution in [0.1, 0.15) is 33.5 Å². The Morgan fingerprint density at radius 1 is 1.07 bits per heavy atom. The number of aliphatic carboxylic acids is 1. The number of rotatable bonds is 9. The monoisotopic (exact) mass is 405 g/mol. The van der Waals surface area contributed by atoms with Crippen molar-refractivity contribution in [2.24, 2.45) is 0 Å². The summed E-state index contributed by atoms with van der Waals surface area (Å²) < 4.78 is 2.02. The van der Waals surface area contributed by atoms with Gasteiger partial charge in [-0.15, -0.1) is 11.8 Å². The molecular weight excluding hydrogens is 382 g/mol. The maximum atomic E-state index is 12.5. The van der Waals surface area contributed by atoms with Crippen LogP contribution in [0.4, 0.5) is 0 Å². The van der Waals surface area contributed by atoms with Gasteiger partial charge < -0.3 is 9.67 Å². The Labute approximate surface area is 174 Å². The predicted octanol–water partition coefficient (Wildman–Crippen LogP) is 5.31. The Morgan fingerprint density at radius 3 is 2.62 bits per heavy atom. The van der Waals surface area contributed by atoms with Crippen LogP contribution in [-0.4, -0.2) is 27.2 Å². The summed E-state index contributed by atoms with van der Waals surface area (Å²) >= 11 is 1.31. The molecule has 0 spiro atoms. The molecule has 0 fully saturated rings. The third-order valence-electron chi connectivity index (χ3n) is 4.41. The number of carboxylic acid groups (broad SMARTS) is 1. The van der Waals surface area contributed by atoms with Crippen molar-refractivity contribution in [2.45, 2.75) is 24.8 Å². The number of hydrogen-bond donors (Lipinski definition) is 1. The lowest BCUT2D eigenvalue weighted by atomic mass is 10.0. The first-order chi connectivity index (χ1) is 14.0. The molecule has 5 heteroatoms. The van der Waals surface area contributed by atoms with Crippen LogP contribution < -0.4 is 0 Å². The normalized spacial score (nSPS) is 11.1. The summed E-state index contributed by atoms with van der Waals surface area (Å²) in [6.45, 7) is 2.79. The van der Waals surface area contributed by atoms with Crippen molar-refractivity contribution in [3.8, 4) is 0 Å². The number of hydrogen-bond acceptors (Lipinski definition) is 3. The van der Waals surface area contributed by atoms with Crippen molar-refractivity contribution in [3.63, 3.8) is 0 Å². The fourth-order valence-electron chi connectivity index (χ4n) is 2.88. The predicted molar refractivity (Wildman–Crippen MR) is 117 cm³/mol. The lowest BCUT2D eigenvalue weighted by molar-refractivity contribution is -0.133. The van der Waals surface area contributed by atoms with Gasteiger partial charge in [0.25, 0.3) is 0 Å². The second-order valence-electron chi connectivity index (χ2n) is 6.78. The van der Waals surface area contributed by atoms with E-state index in [1.54, 1.807) is 0 Å². The van der Waals surface area contributed by atoms with E-state index in [4.69, 9.17) is 5.11 Å². The van der Waals surface area contributed by atoms with Crippen LogP contribution in [0.5, 0.6) is 0 Å². The molecule has 0 aliphatic rings. The Kier molecular flexibility index (Phi) is 7.09. The van der Waals surface area contributed by atoms with E-state index in [1.807, 2.05) is 84.6 Å². The molecule has 1 heterocycles. The van der Waals surface area contributed by atoms with Gasteiger partial charge in [-0.05, 0) is 37.1 Å². The number of allylic oxidation sites excluding steroid dienone is 1. The van der Waals surface area contributed by atoms with Crippen LogP contribution in [0.15, 0.2) is 78.0 Å². The van der Waals surface area contributed by atoms with Crippen LogP contribution in [0.3, 0.4) is 0 Å². The van der Waals surface area contributed by atoms with Gasteiger partial charge in [-0.3, -0.25) is 9.59 Å². The maximum Gasteiger partial charge on any atom is 0.313 e. The summed E-state index contributed by atoms with van der Waals surface area (Å²) in [5, 5.41) is 8.78. The number of thioether (sulfide) groups is 1. The fraction of sp³-hybridized carbons (Fsp3) is 0.167. The van der Waals surface area contributed by atoms with Crippen molar-refractivity contribution < 1.29 is 14.7 Å². The second-order valence-corrected chi connectivity index (χ2v) is 7.83. The van der Waals surface area contributed by atoms with Gasteiger partial charge in [0, 0.05) is 35.0 Å². The molecule has 0 amide bonds. The Bertz CT molecular complexity index is 1020. The van der Waals surface area contributed by atoms with Crippen LogP contribution in [-0.2, 0) is 11.3 Å². The van der Waals surface area contributed by atoms with E-state index in [0.29, 0.717) is 11.1 Å². The molecule has 0 aliphatic carbocycles. The van der Waals surface area contributed by atoms with E-state index in [2.05, 4.69) is 6.08 Å². The number of carbonyl (C=O) groups is 2. The topological polar surface area (TPSA) is 59.3 Å². The SMILES string of the molecule is Cc1ccc(C(=O)c2ccn(CC/C=C/c3cccc(SCC(=O)O)c3)c2)cc1. The minimum Gasteiger partial charge on any atom is -0.481 e. The lowest BCUT2D eigenvalue weighted by Gasteiger charge is -2.02. The van der Waals surface area contributed by atoms with Crippen LogP contribution in [0.2, 0.25) is 0 Å². The quantitative estimate of drug-likeness (QED) is 0.387. The van der Waals surface area contributed by atoms with Crippen LogP contribution in [0, 0.1) is 6.92 Å². The molecule has 0 bridgehead atoms. The van der Waals surface area contributed by atoms with Gasteiger partial charge in [-0.1, -0.05) is 54.1 Å². The summed E-state index contributed by atoms with van der Waals surface area (Å²) in [7, 11) is 0. The molecule has 0 unspecified atom stereocenters. The molecule has 0 atom stereocenters. The highest BCUT2D eigenvalue weighted by atomic mass is 32.2. The third-order valence-corrected chi connectivity index (χ3v) is 5.39. The van der Waals surface area contributed by atoms with Gasteiger partial charge in [0.05, 0.1) is 5.75 Å². The van der Waals surface area contributed by atoms with E-state index >= 15 is 0 Å². The van der Waals surface area contributed by atoms with Crippen molar-refractivity contribution in [1.29, 1.82) is 0 Å². The highest BCUT2D eigenvalue weighted by Gasteiger charge is 2.10. The minimum atomic E-state index is -0.817. The fourth-order valence-corrected chi connectivity index (χ4v) is 3.57. The molecule has 0 radical (unpaired) electrons. The number of aryl methyl sites for hydroxylation is 2. The average Bonchev–Trinajstić information content (AvgIpc) is 3.19. The third kappa shape index (κ3) is 6.22. The second kappa shape index (κ2) is 9.94. The van der Waals surface area contributed by atoms with E-state index in [-0.39, 0.29) is 11.5 Å². The molecule has 0 aliphatic heterocycles. The zero-order valence-electron chi connectivity index (χ0n) is 16.2. The van der Waals surface area contributed by atoms with Crippen molar-refractivity contribution in [2.75, 3.05) is 5.75 Å². The zero-order chi connectivity index (χ0) is 20.6. The summed E-state index contributed by atoms with van der Waals surface area (Å²) in [5.41, 5.74) is 3.58. The summed E-state index contributed by atoms with van der Waals surface area (Å²) in [5.74, 6) is -0.720. The first kappa shape index (κ1) is 20.7. The Hall–Kier alpha value is -3.05. The minimum absolute atomic E-state index is 0.0370. The van der Waals surface area contributed by atoms with Crippen LogP contribution >= 0.6 is 11.8 Å². The molecule has 29 heavy (non-hydrogen) atoms.